The van der Waals surface area contributed by atoms with Crippen molar-refractivity contribution in [1.82, 2.24) is 14.9 Å². The molecule has 0 bridgehead atoms. The summed E-state index contributed by atoms with van der Waals surface area (Å²) >= 11 is 5.22. The number of thiophene rings is 1. The average Bonchev–Trinajstić information content (AvgIpc) is 3.15. The number of benzene rings is 1. The minimum absolute atomic E-state index is 0.00994. The van der Waals surface area contributed by atoms with Crippen molar-refractivity contribution in [3.05, 3.63) is 35.0 Å². The number of hydrogen-bond acceptors (Lipinski definition) is 7. The number of nitrogens with zero attached hydrogens (tertiary/aromatic N) is 3. The first-order chi connectivity index (χ1) is 15.4. The van der Waals surface area contributed by atoms with Gasteiger partial charge in [-0.2, -0.15) is 0 Å². The molecule has 0 saturated carbocycles. The van der Waals surface area contributed by atoms with E-state index in [0.717, 1.165) is 45.9 Å². The number of nitrogens with two attached hydrogens (primary N) is 1. The zero-order valence-electron chi connectivity index (χ0n) is 18.2. The summed E-state index contributed by atoms with van der Waals surface area (Å²) < 4.78 is 5.61. The Morgan fingerprint density at radius 2 is 2.06 bits per heavy atom. The third kappa shape index (κ3) is 3.82. The topological polar surface area (TPSA) is 93.4 Å². The Bertz CT molecular complexity index is 1170. The Morgan fingerprint density at radius 3 is 2.81 bits per heavy atom. The summed E-state index contributed by atoms with van der Waals surface area (Å²) in [7, 11) is 0. The van der Waals surface area contributed by atoms with Crippen LogP contribution in [0.15, 0.2) is 29.4 Å². The third-order valence-electron chi connectivity index (χ3n) is 6.43. The number of ether oxygens (including phenoxy) is 1. The molecule has 3 heterocycles. The van der Waals surface area contributed by atoms with E-state index in [1.165, 1.54) is 10.4 Å². The van der Waals surface area contributed by atoms with E-state index in [0.29, 0.717) is 18.9 Å². The molecule has 32 heavy (non-hydrogen) atoms. The average molecular weight is 471 g/mol. The Balaban J connectivity index is 1.43. The smallest absolute Gasteiger partial charge is 0.226 e. The monoisotopic (exact) mass is 470 g/mol. The van der Waals surface area contributed by atoms with E-state index in [4.69, 9.17) is 10.5 Å². The molecule has 1 amide bonds. The van der Waals surface area contributed by atoms with E-state index in [-0.39, 0.29) is 23.9 Å². The van der Waals surface area contributed by atoms with Crippen molar-refractivity contribution in [3.63, 3.8) is 0 Å². The van der Waals surface area contributed by atoms with E-state index in [9.17, 15) is 4.79 Å². The molecule has 0 spiro atoms. The number of anilines is 3. The molecule has 3 aromatic rings. The van der Waals surface area contributed by atoms with E-state index in [1.54, 1.807) is 17.7 Å². The highest BCUT2D eigenvalue weighted by Crippen LogP contribution is 2.41. The lowest BCUT2D eigenvalue weighted by atomic mass is 9.86. The number of morpholine rings is 1. The van der Waals surface area contributed by atoms with Gasteiger partial charge in [-0.15, -0.1) is 11.3 Å². The Labute approximate surface area is 196 Å². The summed E-state index contributed by atoms with van der Waals surface area (Å²) in [6.45, 7) is 5.37. The molecule has 2 aliphatic rings. The van der Waals surface area contributed by atoms with Gasteiger partial charge in [-0.1, -0.05) is 0 Å². The molecule has 1 aliphatic carbocycles. The molecule has 9 heteroatoms. The molecule has 5 rings (SSSR count). The first kappa shape index (κ1) is 21.5. The second-order valence-electron chi connectivity index (χ2n) is 8.75. The van der Waals surface area contributed by atoms with Crippen LogP contribution in [0.25, 0.3) is 10.2 Å². The van der Waals surface area contributed by atoms with Crippen LogP contribution in [0.5, 0.6) is 0 Å². The molecule has 0 radical (unpaired) electrons. The van der Waals surface area contributed by atoms with Crippen LogP contribution < -0.4 is 11.1 Å². The van der Waals surface area contributed by atoms with Gasteiger partial charge in [0.15, 0.2) is 4.90 Å². The molecule has 2 aromatic heterocycles. The zero-order chi connectivity index (χ0) is 22.4. The van der Waals surface area contributed by atoms with Crippen molar-refractivity contribution in [1.29, 1.82) is 0 Å². The van der Waals surface area contributed by atoms with Crippen molar-refractivity contribution in [2.24, 2.45) is 5.92 Å². The van der Waals surface area contributed by atoms with Gasteiger partial charge in [-0.05, 0) is 63.4 Å². The normalized spacial score (nSPS) is 23.2. The molecule has 1 aromatic carbocycles. The van der Waals surface area contributed by atoms with Gasteiger partial charge in [0.05, 0.1) is 36.4 Å². The summed E-state index contributed by atoms with van der Waals surface area (Å²) in [5.41, 5.74) is 8.78. The van der Waals surface area contributed by atoms with Crippen LogP contribution in [0.1, 0.15) is 30.7 Å². The van der Waals surface area contributed by atoms with Gasteiger partial charge < -0.3 is 20.7 Å². The Morgan fingerprint density at radius 1 is 1.28 bits per heavy atom. The van der Waals surface area contributed by atoms with Crippen LogP contribution in [0.4, 0.5) is 17.2 Å². The van der Waals surface area contributed by atoms with Crippen LogP contribution in [-0.4, -0.2) is 46.1 Å². The maximum Gasteiger partial charge on any atom is 0.226 e. The largest absolute Gasteiger partial charge is 0.395 e. The molecule has 0 unspecified atom stereocenters. The SMILES string of the molecule is C[C@@H]1COC[C@@H](C)N1C(=O)[C@H]1CCc2c(sc3ncnc(Nc4ccc(N)c([SH2+])c4)c23)C1. The van der Waals surface area contributed by atoms with Gasteiger partial charge in [0.25, 0.3) is 0 Å². The second kappa shape index (κ2) is 8.53. The number of carbonyl (C=O) groups excluding carboxylic acids is 1. The fourth-order valence-electron chi connectivity index (χ4n) is 4.84. The predicted molar refractivity (Wildman–Crippen MR) is 132 cm³/mol. The van der Waals surface area contributed by atoms with Crippen LogP contribution >= 0.6 is 11.3 Å². The lowest BCUT2D eigenvalue weighted by Crippen LogP contribution is -2.54. The molecular weight excluding hydrogens is 442 g/mol. The Kier molecular flexibility index (Phi) is 5.73. The fraction of sp³-hybridized carbons (Fsp3) is 0.435. The van der Waals surface area contributed by atoms with Crippen LogP contribution in [0.3, 0.4) is 0 Å². The molecule has 1 saturated heterocycles. The second-order valence-corrected chi connectivity index (χ2v) is 10.4. The number of fused-ring (bicyclic) bond motifs is 3. The van der Waals surface area contributed by atoms with E-state index in [1.807, 2.05) is 23.1 Å². The summed E-state index contributed by atoms with van der Waals surface area (Å²) in [6.07, 6.45) is 4.05. The lowest BCUT2D eigenvalue weighted by molar-refractivity contribution is -0.149. The number of rotatable bonds is 3. The molecule has 1 aliphatic heterocycles. The Hall–Kier alpha value is -2.36. The quantitative estimate of drug-likeness (QED) is 0.451. The van der Waals surface area contributed by atoms with Crippen molar-refractivity contribution >= 4 is 57.3 Å². The summed E-state index contributed by atoms with van der Waals surface area (Å²) in [5.74, 6) is 1.06. The molecule has 1 fully saturated rings. The minimum atomic E-state index is 0.00994. The van der Waals surface area contributed by atoms with Crippen molar-refractivity contribution in [2.75, 3.05) is 24.3 Å². The maximum atomic E-state index is 13.4. The molecule has 3 atom stereocenters. The van der Waals surface area contributed by atoms with E-state index >= 15 is 0 Å². The van der Waals surface area contributed by atoms with Crippen LogP contribution in [0.2, 0.25) is 0 Å². The lowest BCUT2D eigenvalue weighted by Gasteiger charge is -2.41. The van der Waals surface area contributed by atoms with Gasteiger partial charge in [0.2, 0.25) is 5.91 Å². The number of carbonyl (C=O) groups is 1. The van der Waals surface area contributed by atoms with Gasteiger partial charge in [0, 0.05) is 22.5 Å². The molecular formula is C23H28N5O2S2+. The maximum absolute atomic E-state index is 13.4. The number of aryl methyl sites for hydroxylation is 1. The van der Waals surface area contributed by atoms with Crippen molar-refractivity contribution in [3.8, 4) is 0 Å². The molecule has 168 valence electrons. The van der Waals surface area contributed by atoms with Gasteiger partial charge in [-0.3, -0.25) is 4.79 Å². The number of aromatic nitrogens is 2. The fourth-order valence-corrected chi connectivity index (χ4v) is 6.34. The number of hydrogen-bond donors (Lipinski definition) is 2. The van der Waals surface area contributed by atoms with E-state index in [2.05, 4.69) is 41.8 Å². The summed E-state index contributed by atoms with van der Waals surface area (Å²) in [5, 5.41) is 4.50. The number of amides is 1. The molecule has 7 nitrogen and oxygen atoms in total. The first-order valence-electron chi connectivity index (χ1n) is 11.0. The first-order valence-corrected chi connectivity index (χ1v) is 12.3. The molecule has 3 N–H and O–H groups in total. The highest BCUT2D eigenvalue weighted by molar-refractivity contribution is 7.59. The highest BCUT2D eigenvalue weighted by Gasteiger charge is 2.36. The minimum Gasteiger partial charge on any atom is -0.395 e. The van der Waals surface area contributed by atoms with Crippen molar-refractivity contribution in [2.45, 2.75) is 50.1 Å². The summed E-state index contributed by atoms with van der Waals surface area (Å²) in [4.78, 5) is 27.5. The van der Waals surface area contributed by atoms with Crippen LogP contribution in [-0.2, 0) is 35.0 Å². The van der Waals surface area contributed by atoms with Gasteiger partial charge >= 0.3 is 0 Å². The van der Waals surface area contributed by atoms with E-state index < -0.39 is 0 Å². The number of nitrogen functional groups attached to an aromatic ring is 1. The van der Waals surface area contributed by atoms with Crippen molar-refractivity contribution < 1.29 is 9.53 Å². The summed E-state index contributed by atoms with van der Waals surface area (Å²) in [6, 6.07) is 5.98. The standard InChI is InChI=1S/C23H27N5O2S2/c1-12-9-30-10-13(2)28(12)23(29)14-3-5-16-19(7-14)32-22-20(16)21(25-11-26-22)27-15-4-6-17(24)18(31)8-15/h4,6,8,11-14,31H,3,5,7,9-10,24H2,1-2H3,(H,25,26,27)/p+1/t12-,13-,14+/m1/s1. The predicted octanol–water partition coefficient (Wildman–Crippen LogP) is 3.13. The number of nitrogens with one attached hydrogen (secondary N) is 1. The van der Waals surface area contributed by atoms with Gasteiger partial charge in [-0.25, -0.2) is 9.97 Å². The van der Waals surface area contributed by atoms with Gasteiger partial charge in [0.1, 0.15) is 17.0 Å². The highest BCUT2D eigenvalue weighted by atomic mass is 32.1. The zero-order valence-corrected chi connectivity index (χ0v) is 20.0. The van der Waals surface area contributed by atoms with Crippen LogP contribution in [0, 0.1) is 5.92 Å². The third-order valence-corrected chi connectivity index (χ3v) is 8.03.